The summed E-state index contributed by atoms with van der Waals surface area (Å²) in [5, 5.41) is 11.2. The lowest BCUT2D eigenvalue weighted by atomic mass is 10.2. The number of hydrogen-bond donors (Lipinski definition) is 0. The number of ether oxygens (including phenoxy) is 1. The van der Waals surface area contributed by atoms with Gasteiger partial charge in [-0.15, -0.1) is 5.10 Å². The molecule has 0 bridgehead atoms. The molecule has 1 aliphatic rings. The molecule has 1 aromatic rings. The smallest absolute Gasteiger partial charge is 0.222 e. The number of aryl methyl sites for hydroxylation is 2. The fraction of sp³-hybridized carbons (Fsp3) is 0.800. The molecule has 7 heteroatoms. The van der Waals surface area contributed by atoms with Crippen LogP contribution in [0, 0.1) is 6.92 Å². The SMILES string of the molecule is Cc1nnnn1CCCC(=O)N1CCOCC1. The molecule has 0 saturated carbocycles. The highest BCUT2D eigenvalue weighted by molar-refractivity contribution is 5.76. The van der Waals surface area contributed by atoms with Crippen LogP contribution in [0.3, 0.4) is 0 Å². The zero-order chi connectivity index (χ0) is 12.1. The molecule has 1 saturated heterocycles. The van der Waals surface area contributed by atoms with E-state index in [1.165, 1.54) is 0 Å². The summed E-state index contributed by atoms with van der Waals surface area (Å²) in [6.45, 7) is 5.26. The predicted octanol–water partition coefficient (Wildman–Crippen LogP) is -0.379. The normalized spacial score (nSPS) is 16.2. The Balaban J connectivity index is 1.71. The number of rotatable bonds is 4. The minimum Gasteiger partial charge on any atom is -0.378 e. The minimum atomic E-state index is 0.194. The van der Waals surface area contributed by atoms with E-state index in [1.807, 2.05) is 11.8 Å². The molecule has 1 fully saturated rings. The van der Waals surface area contributed by atoms with Gasteiger partial charge in [-0.1, -0.05) is 0 Å². The summed E-state index contributed by atoms with van der Waals surface area (Å²) in [5.41, 5.74) is 0. The second kappa shape index (κ2) is 5.72. The van der Waals surface area contributed by atoms with Gasteiger partial charge in [0.1, 0.15) is 5.82 Å². The highest BCUT2D eigenvalue weighted by atomic mass is 16.5. The van der Waals surface area contributed by atoms with E-state index in [1.54, 1.807) is 4.68 Å². The lowest BCUT2D eigenvalue weighted by Gasteiger charge is -2.26. The molecule has 0 spiro atoms. The van der Waals surface area contributed by atoms with Crippen LogP contribution in [0.2, 0.25) is 0 Å². The third-order valence-electron chi connectivity index (χ3n) is 2.84. The molecule has 17 heavy (non-hydrogen) atoms. The van der Waals surface area contributed by atoms with E-state index in [0.717, 1.165) is 12.2 Å². The van der Waals surface area contributed by atoms with Gasteiger partial charge in [0.05, 0.1) is 13.2 Å². The van der Waals surface area contributed by atoms with Crippen LogP contribution in [0.25, 0.3) is 0 Å². The van der Waals surface area contributed by atoms with Gasteiger partial charge in [0, 0.05) is 26.1 Å². The van der Waals surface area contributed by atoms with Crippen molar-refractivity contribution in [1.82, 2.24) is 25.1 Å². The van der Waals surface area contributed by atoms with Crippen LogP contribution in [-0.4, -0.2) is 57.3 Å². The summed E-state index contributed by atoms with van der Waals surface area (Å²) in [5.74, 6) is 0.975. The monoisotopic (exact) mass is 239 g/mol. The molecule has 2 heterocycles. The van der Waals surface area contributed by atoms with Gasteiger partial charge in [-0.3, -0.25) is 4.79 Å². The Morgan fingerprint density at radius 2 is 2.18 bits per heavy atom. The Morgan fingerprint density at radius 3 is 2.82 bits per heavy atom. The van der Waals surface area contributed by atoms with Crippen LogP contribution in [0.5, 0.6) is 0 Å². The molecule has 0 unspecified atom stereocenters. The molecule has 0 atom stereocenters. The van der Waals surface area contributed by atoms with Crippen LogP contribution in [-0.2, 0) is 16.1 Å². The predicted molar refractivity (Wildman–Crippen MR) is 59.2 cm³/mol. The average molecular weight is 239 g/mol. The first-order chi connectivity index (χ1) is 8.27. The van der Waals surface area contributed by atoms with Gasteiger partial charge >= 0.3 is 0 Å². The first kappa shape index (κ1) is 12.0. The second-order valence-corrected chi connectivity index (χ2v) is 4.05. The molecule has 0 aromatic carbocycles. The molecule has 2 rings (SSSR count). The van der Waals surface area contributed by atoms with Gasteiger partial charge in [0.15, 0.2) is 0 Å². The minimum absolute atomic E-state index is 0.194. The Bertz CT molecular complexity index is 373. The van der Waals surface area contributed by atoms with Crippen molar-refractivity contribution >= 4 is 5.91 Å². The van der Waals surface area contributed by atoms with Crippen molar-refractivity contribution in [3.8, 4) is 0 Å². The van der Waals surface area contributed by atoms with Crippen LogP contribution < -0.4 is 0 Å². The first-order valence-electron chi connectivity index (χ1n) is 5.85. The van der Waals surface area contributed by atoms with Gasteiger partial charge in [-0.2, -0.15) is 0 Å². The molecule has 7 nitrogen and oxygen atoms in total. The van der Waals surface area contributed by atoms with E-state index in [-0.39, 0.29) is 5.91 Å². The summed E-state index contributed by atoms with van der Waals surface area (Å²) in [7, 11) is 0. The zero-order valence-corrected chi connectivity index (χ0v) is 10.0. The van der Waals surface area contributed by atoms with E-state index in [9.17, 15) is 4.79 Å². The second-order valence-electron chi connectivity index (χ2n) is 4.05. The molecule has 1 amide bonds. The fourth-order valence-corrected chi connectivity index (χ4v) is 1.81. The third kappa shape index (κ3) is 3.23. The van der Waals surface area contributed by atoms with Crippen molar-refractivity contribution in [3.63, 3.8) is 0 Å². The van der Waals surface area contributed by atoms with Gasteiger partial charge in [0.2, 0.25) is 5.91 Å². The number of carbonyl (C=O) groups is 1. The highest BCUT2D eigenvalue weighted by Gasteiger charge is 2.16. The summed E-state index contributed by atoms with van der Waals surface area (Å²) in [4.78, 5) is 13.7. The Morgan fingerprint density at radius 1 is 1.41 bits per heavy atom. The molecule has 0 radical (unpaired) electrons. The third-order valence-corrected chi connectivity index (χ3v) is 2.84. The van der Waals surface area contributed by atoms with Gasteiger partial charge in [-0.05, 0) is 23.8 Å². The quantitative estimate of drug-likeness (QED) is 0.716. The maximum absolute atomic E-state index is 11.8. The lowest BCUT2D eigenvalue weighted by Crippen LogP contribution is -2.40. The largest absolute Gasteiger partial charge is 0.378 e. The van der Waals surface area contributed by atoms with Crippen molar-refractivity contribution in [2.45, 2.75) is 26.3 Å². The Kier molecular flexibility index (Phi) is 4.03. The first-order valence-corrected chi connectivity index (χ1v) is 5.85. The zero-order valence-electron chi connectivity index (χ0n) is 10.0. The molecule has 0 aliphatic carbocycles. The van der Waals surface area contributed by atoms with Crippen LogP contribution in [0.1, 0.15) is 18.7 Å². The number of tetrazole rings is 1. The lowest BCUT2D eigenvalue weighted by molar-refractivity contribution is -0.135. The topological polar surface area (TPSA) is 73.1 Å². The van der Waals surface area contributed by atoms with E-state index in [4.69, 9.17) is 4.74 Å². The standard InChI is InChI=1S/C10H17N5O2/c1-9-11-12-13-15(9)4-2-3-10(16)14-5-7-17-8-6-14/h2-8H2,1H3. The number of carbonyl (C=O) groups excluding carboxylic acids is 1. The number of nitrogens with zero attached hydrogens (tertiary/aromatic N) is 5. The van der Waals surface area contributed by atoms with Gasteiger partial charge < -0.3 is 9.64 Å². The Hall–Kier alpha value is -1.50. The number of amides is 1. The van der Waals surface area contributed by atoms with E-state index in [2.05, 4.69) is 15.5 Å². The van der Waals surface area contributed by atoms with Crippen LogP contribution in [0.15, 0.2) is 0 Å². The van der Waals surface area contributed by atoms with Crippen molar-refractivity contribution in [3.05, 3.63) is 5.82 Å². The van der Waals surface area contributed by atoms with Crippen molar-refractivity contribution in [2.75, 3.05) is 26.3 Å². The molecule has 0 N–H and O–H groups in total. The van der Waals surface area contributed by atoms with E-state index < -0.39 is 0 Å². The molecule has 1 aromatic heterocycles. The number of aromatic nitrogens is 4. The van der Waals surface area contributed by atoms with Gasteiger partial charge in [-0.25, -0.2) is 4.68 Å². The van der Waals surface area contributed by atoms with Gasteiger partial charge in [0.25, 0.3) is 0 Å². The van der Waals surface area contributed by atoms with Crippen molar-refractivity contribution in [2.24, 2.45) is 0 Å². The van der Waals surface area contributed by atoms with E-state index in [0.29, 0.717) is 39.3 Å². The summed E-state index contributed by atoms with van der Waals surface area (Å²) >= 11 is 0. The average Bonchev–Trinajstić information content (AvgIpc) is 2.76. The Labute approximate surface area is 99.7 Å². The summed E-state index contributed by atoms with van der Waals surface area (Å²) in [6, 6.07) is 0. The van der Waals surface area contributed by atoms with Crippen LogP contribution in [0.4, 0.5) is 0 Å². The maximum atomic E-state index is 11.8. The molecule has 1 aliphatic heterocycles. The number of morpholine rings is 1. The number of hydrogen-bond acceptors (Lipinski definition) is 5. The summed E-state index contributed by atoms with van der Waals surface area (Å²) < 4.78 is 6.92. The molecular formula is C10H17N5O2. The van der Waals surface area contributed by atoms with Crippen LogP contribution >= 0.6 is 0 Å². The summed E-state index contributed by atoms with van der Waals surface area (Å²) in [6.07, 6.45) is 1.31. The van der Waals surface area contributed by atoms with Crippen molar-refractivity contribution < 1.29 is 9.53 Å². The fourth-order valence-electron chi connectivity index (χ4n) is 1.81. The maximum Gasteiger partial charge on any atom is 0.222 e. The molecular weight excluding hydrogens is 222 g/mol. The van der Waals surface area contributed by atoms with Crippen molar-refractivity contribution in [1.29, 1.82) is 0 Å². The van der Waals surface area contributed by atoms with E-state index >= 15 is 0 Å². The molecule has 94 valence electrons. The highest BCUT2D eigenvalue weighted by Crippen LogP contribution is 2.03.